The summed E-state index contributed by atoms with van der Waals surface area (Å²) >= 11 is 0. The third kappa shape index (κ3) is 4.38. The number of nitrogens with one attached hydrogen (secondary N) is 2. The lowest BCUT2D eigenvalue weighted by molar-refractivity contribution is 0.100. The predicted octanol–water partition coefficient (Wildman–Crippen LogP) is 0.0508. The first-order chi connectivity index (χ1) is 8.91. The topological polar surface area (TPSA) is 113 Å². The van der Waals surface area contributed by atoms with Crippen molar-refractivity contribution in [2.45, 2.75) is 0 Å². The summed E-state index contributed by atoms with van der Waals surface area (Å²) in [6.45, 7) is 0.906. The maximum atomic E-state index is 11.3. The molecule has 0 aliphatic heterocycles. The van der Waals surface area contributed by atoms with Crippen LogP contribution in [0.2, 0.25) is 0 Å². The Labute approximate surface area is 111 Å². The van der Waals surface area contributed by atoms with Crippen molar-refractivity contribution in [3.8, 4) is 0 Å². The summed E-state index contributed by atoms with van der Waals surface area (Å²) in [5.41, 5.74) is 12.3. The number of carbonyl (C=O) groups excluding carboxylic acids is 2. The first-order valence-electron chi connectivity index (χ1n) is 5.80. The van der Waals surface area contributed by atoms with E-state index in [1.165, 1.54) is 11.0 Å². The van der Waals surface area contributed by atoms with Gasteiger partial charge in [-0.3, -0.25) is 4.79 Å². The Morgan fingerprint density at radius 1 is 1.26 bits per heavy atom. The number of nitrogens with zero attached hydrogens (tertiary/aromatic N) is 1. The number of urea groups is 1. The fourth-order valence-corrected chi connectivity index (χ4v) is 1.44. The monoisotopic (exact) mass is 265 g/mol. The van der Waals surface area contributed by atoms with Gasteiger partial charge in [0.1, 0.15) is 0 Å². The van der Waals surface area contributed by atoms with Crippen molar-refractivity contribution >= 4 is 23.3 Å². The predicted molar refractivity (Wildman–Crippen MR) is 74.9 cm³/mol. The number of nitrogens with two attached hydrogens (primary N) is 2. The van der Waals surface area contributed by atoms with Crippen molar-refractivity contribution in [3.63, 3.8) is 0 Å². The van der Waals surface area contributed by atoms with E-state index >= 15 is 0 Å². The second-order valence-corrected chi connectivity index (χ2v) is 4.22. The van der Waals surface area contributed by atoms with Gasteiger partial charge < -0.3 is 27.0 Å². The number of primary amides is 1. The molecular weight excluding hydrogens is 246 g/mol. The highest BCUT2D eigenvalue weighted by Gasteiger charge is 2.08. The molecule has 3 amide bonds. The molecule has 0 saturated heterocycles. The number of carbonyl (C=O) groups is 2. The van der Waals surface area contributed by atoms with E-state index in [4.69, 9.17) is 11.5 Å². The Hall–Kier alpha value is -2.44. The highest BCUT2D eigenvalue weighted by molar-refractivity contribution is 5.99. The highest BCUT2D eigenvalue weighted by Crippen LogP contribution is 2.17. The Morgan fingerprint density at radius 2 is 1.95 bits per heavy atom. The van der Waals surface area contributed by atoms with Crippen LogP contribution in [0.15, 0.2) is 18.2 Å². The number of nitrogen functional groups attached to an aromatic ring is 1. The summed E-state index contributed by atoms with van der Waals surface area (Å²) < 4.78 is 0. The van der Waals surface area contributed by atoms with E-state index in [0.29, 0.717) is 30.0 Å². The summed E-state index contributed by atoms with van der Waals surface area (Å²) in [6.07, 6.45) is 0. The summed E-state index contributed by atoms with van der Waals surface area (Å²) in [6, 6.07) is 4.70. The smallest absolute Gasteiger partial charge is 0.316 e. The maximum absolute atomic E-state index is 11.3. The van der Waals surface area contributed by atoms with Crippen LogP contribution in [0.5, 0.6) is 0 Å². The van der Waals surface area contributed by atoms with Gasteiger partial charge in [0.2, 0.25) is 0 Å². The molecule has 1 rings (SSSR count). The maximum Gasteiger partial charge on any atom is 0.316 e. The molecule has 0 aliphatic rings. The SMILES string of the molecule is CN(C)C(=O)NCCNc1ccc(N)cc1C(N)=O. The molecule has 1 aromatic carbocycles. The Morgan fingerprint density at radius 3 is 2.53 bits per heavy atom. The summed E-state index contributed by atoms with van der Waals surface area (Å²) in [4.78, 5) is 24.0. The second-order valence-electron chi connectivity index (χ2n) is 4.22. The average Bonchev–Trinajstić information content (AvgIpc) is 2.35. The molecule has 1 aromatic rings. The molecule has 0 bridgehead atoms. The number of rotatable bonds is 5. The van der Waals surface area contributed by atoms with Crippen LogP contribution in [0.4, 0.5) is 16.2 Å². The van der Waals surface area contributed by atoms with Gasteiger partial charge in [0, 0.05) is 38.6 Å². The molecule has 19 heavy (non-hydrogen) atoms. The van der Waals surface area contributed by atoms with E-state index in [1.807, 2.05) is 0 Å². The number of hydrogen-bond acceptors (Lipinski definition) is 4. The van der Waals surface area contributed by atoms with Crippen molar-refractivity contribution in [1.29, 1.82) is 0 Å². The van der Waals surface area contributed by atoms with E-state index in [2.05, 4.69) is 10.6 Å². The molecule has 6 N–H and O–H groups in total. The standard InChI is InChI=1S/C12H19N5O2/c1-17(2)12(19)16-6-5-15-10-4-3-8(13)7-9(10)11(14)18/h3-4,7,15H,5-6,13H2,1-2H3,(H2,14,18)(H,16,19). The molecule has 7 heteroatoms. The van der Waals surface area contributed by atoms with Gasteiger partial charge in [0.25, 0.3) is 5.91 Å². The minimum atomic E-state index is -0.549. The summed E-state index contributed by atoms with van der Waals surface area (Å²) in [5.74, 6) is -0.549. The molecule has 0 aliphatic carbocycles. The lowest BCUT2D eigenvalue weighted by Gasteiger charge is -2.14. The Balaban J connectivity index is 2.54. The first kappa shape index (κ1) is 14.6. The quantitative estimate of drug-likeness (QED) is 0.445. The molecule has 0 unspecified atom stereocenters. The molecule has 0 radical (unpaired) electrons. The number of anilines is 2. The number of amides is 3. The van der Waals surface area contributed by atoms with E-state index in [9.17, 15) is 9.59 Å². The molecule has 104 valence electrons. The lowest BCUT2D eigenvalue weighted by atomic mass is 10.1. The zero-order valence-corrected chi connectivity index (χ0v) is 11.1. The second kappa shape index (κ2) is 6.48. The van der Waals surface area contributed by atoms with Gasteiger partial charge in [-0.1, -0.05) is 0 Å². The van der Waals surface area contributed by atoms with Crippen LogP contribution in [0.1, 0.15) is 10.4 Å². The Bertz CT molecular complexity index is 473. The fraction of sp³-hybridized carbons (Fsp3) is 0.333. The first-order valence-corrected chi connectivity index (χ1v) is 5.80. The van der Waals surface area contributed by atoms with Crippen LogP contribution in [0.3, 0.4) is 0 Å². The zero-order chi connectivity index (χ0) is 14.4. The molecule has 0 fully saturated rings. The minimum absolute atomic E-state index is 0.172. The molecule has 0 saturated carbocycles. The van der Waals surface area contributed by atoms with E-state index < -0.39 is 5.91 Å². The van der Waals surface area contributed by atoms with Gasteiger partial charge in [-0.2, -0.15) is 0 Å². The average molecular weight is 265 g/mol. The normalized spacial score (nSPS) is 9.79. The number of benzene rings is 1. The molecule has 0 aromatic heterocycles. The van der Waals surface area contributed by atoms with Crippen molar-refractivity contribution in [2.24, 2.45) is 5.73 Å². The third-order valence-electron chi connectivity index (χ3n) is 2.43. The van der Waals surface area contributed by atoms with Crippen LogP contribution < -0.4 is 22.1 Å². The van der Waals surface area contributed by atoms with Crippen molar-refractivity contribution in [2.75, 3.05) is 38.2 Å². The van der Waals surface area contributed by atoms with Gasteiger partial charge in [-0.15, -0.1) is 0 Å². The van der Waals surface area contributed by atoms with Crippen LogP contribution in [0.25, 0.3) is 0 Å². The van der Waals surface area contributed by atoms with E-state index in [0.717, 1.165) is 0 Å². The summed E-state index contributed by atoms with van der Waals surface area (Å²) in [7, 11) is 3.32. The van der Waals surface area contributed by atoms with Crippen LogP contribution >= 0.6 is 0 Å². The van der Waals surface area contributed by atoms with E-state index in [-0.39, 0.29) is 6.03 Å². The minimum Gasteiger partial charge on any atom is -0.399 e. The van der Waals surface area contributed by atoms with Gasteiger partial charge in [-0.25, -0.2) is 4.79 Å². The fourth-order valence-electron chi connectivity index (χ4n) is 1.44. The third-order valence-corrected chi connectivity index (χ3v) is 2.43. The highest BCUT2D eigenvalue weighted by atomic mass is 16.2. The zero-order valence-electron chi connectivity index (χ0n) is 11.1. The molecule has 0 spiro atoms. The van der Waals surface area contributed by atoms with Crippen molar-refractivity contribution in [1.82, 2.24) is 10.2 Å². The summed E-state index contributed by atoms with van der Waals surface area (Å²) in [5, 5.41) is 5.72. The molecule has 0 heterocycles. The lowest BCUT2D eigenvalue weighted by Crippen LogP contribution is -2.37. The molecule has 0 atom stereocenters. The van der Waals surface area contributed by atoms with Crippen LogP contribution in [0, 0.1) is 0 Å². The van der Waals surface area contributed by atoms with Gasteiger partial charge in [0.15, 0.2) is 0 Å². The van der Waals surface area contributed by atoms with Crippen LogP contribution in [-0.2, 0) is 0 Å². The van der Waals surface area contributed by atoms with Crippen LogP contribution in [-0.4, -0.2) is 44.0 Å². The van der Waals surface area contributed by atoms with Gasteiger partial charge in [0.05, 0.1) is 5.56 Å². The van der Waals surface area contributed by atoms with Gasteiger partial charge >= 0.3 is 6.03 Å². The molecular formula is C12H19N5O2. The van der Waals surface area contributed by atoms with Crippen molar-refractivity contribution in [3.05, 3.63) is 23.8 Å². The van der Waals surface area contributed by atoms with E-state index in [1.54, 1.807) is 26.2 Å². The van der Waals surface area contributed by atoms with Gasteiger partial charge in [-0.05, 0) is 18.2 Å². The number of hydrogen-bond donors (Lipinski definition) is 4. The molecule has 7 nitrogen and oxygen atoms in total. The van der Waals surface area contributed by atoms with Crippen molar-refractivity contribution < 1.29 is 9.59 Å². The Kier molecular flexibility index (Phi) is 4.99. The largest absolute Gasteiger partial charge is 0.399 e.